The maximum absolute atomic E-state index is 13.0. The van der Waals surface area contributed by atoms with E-state index in [0.717, 1.165) is 15.3 Å². The lowest BCUT2D eigenvalue weighted by molar-refractivity contribution is 0.00537. The van der Waals surface area contributed by atoms with Crippen molar-refractivity contribution < 1.29 is 19.4 Å². The lowest BCUT2D eigenvalue weighted by Crippen LogP contribution is -2.29. The van der Waals surface area contributed by atoms with Gasteiger partial charge in [-0.15, -0.1) is 11.3 Å². The lowest BCUT2D eigenvalue weighted by Gasteiger charge is -2.11. The largest absolute Gasteiger partial charge is 0.474 e. The Hall–Kier alpha value is -3.31. The molecule has 0 saturated heterocycles. The Morgan fingerprint density at radius 1 is 1.26 bits per heavy atom. The first-order valence-corrected chi connectivity index (χ1v) is 11.9. The van der Waals surface area contributed by atoms with Gasteiger partial charge < -0.3 is 24.5 Å². The zero-order valence-corrected chi connectivity index (χ0v) is 20.4. The van der Waals surface area contributed by atoms with E-state index < -0.39 is 12.0 Å². The highest BCUT2D eigenvalue weighted by molar-refractivity contribution is 7.18. The highest BCUT2D eigenvalue weighted by atomic mass is 35.5. The molecule has 1 aromatic carbocycles. The number of nitrogens with one attached hydrogen (secondary N) is 1. The van der Waals surface area contributed by atoms with E-state index >= 15 is 0 Å². The summed E-state index contributed by atoms with van der Waals surface area (Å²) in [4.78, 5) is 35.1. The Kier molecular flexibility index (Phi) is 8.09. The van der Waals surface area contributed by atoms with Gasteiger partial charge in [-0.3, -0.25) is 14.6 Å². The molecule has 0 aliphatic heterocycles. The van der Waals surface area contributed by atoms with Crippen LogP contribution in [0.1, 0.15) is 20.8 Å². The number of thiophene rings is 1. The summed E-state index contributed by atoms with van der Waals surface area (Å²) in [7, 11) is 1.78. The second-order valence-electron chi connectivity index (χ2n) is 7.75. The predicted molar refractivity (Wildman–Crippen MR) is 133 cm³/mol. The van der Waals surface area contributed by atoms with E-state index in [9.17, 15) is 14.7 Å². The summed E-state index contributed by atoms with van der Waals surface area (Å²) in [6.07, 6.45) is 5.17. The number of benzene rings is 1. The van der Waals surface area contributed by atoms with Gasteiger partial charge in [-0.2, -0.15) is 0 Å². The predicted octanol–water partition coefficient (Wildman–Crippen LogP) is 2.93. The Morgan fingerprint density at radius 3 is 2.80 bits per heavy atom. The topological polar surface area (TPSA) is 116 Å². The number of ether oxygens (including phenoxy) is 2. The van der Waals surface area contributed by atoms with Crippen molar-refractivity contribution in [3.63, 3.8) is 0 Å². The molecule has 1 atom stereocenters. The van der Waals surface area contributed by atoms with Crippen LogP contribution in [0.15, 0.2) is 59.9 Å². The Bertz CT molecular complexity index is 1360. The molecule has 11 heteroatoms. The van der Waals surface area contributed by atoms with Crippen molar-refractivity contribution in [2.75, 3.05) is 13.2 Å². The molecule has 182 valence electrons. The van der Waals surface area contributed by atoms with Crippen molar-refractivity contribution >= 4 is 39.1 Å². The van der Waals surface area contributed by atoms with Crippen LogP contribution in [-0.4, -0.2) is 44.9 Å². The molecule has 0 fully saturated rings. The van der Waals surface area contributed by atoms with E-state index in [1.165, 1.54) is 36.1 Å². The van der Waals surface area contributed by atoms with Crippen LogP contribution >= 0.6 is 22.9 Å². The monoisotopic (exact) mass is 514 g/mol. The molecule has 0 aliphatic rings. The molecule has 0 bridgehead atoms. The van der Waals surface area contributed by atoms with Gasteiger partial charge in [0.05, 0.1) is 24.8 Å². The first kappa shape index (κ1) is 24.8. The van der Waals surface area contributed by atoms with Crippen LogP contribution in [0.2, 0.25) is 5.02 Å². The first-order chi connectivity index (χ1) is 16.9. The van der Waals surface area contributed by atoms with E-state index in [-0.39, 0.29) is 37.4 Å². The van der Waals surface area contributed by atoms with Crippen LogP contribution < -0.4 is 15.5 Å². The fourth-order valence-electron chi connectivity index (χ4n) is 3.31. The number of aliphatic hydroxyl groups excluding tert-OH is 1. The number of carbonyl (C=O) groups excluding carboxylic acids is 1. The summed E-state index contributed by atoms with van der Waals surface area (Å²) in [5.74, 6) is -0.128. The third kappa shape index (κ3) is 6.43. The van der Waals surface area contributed by atoms with Crippen LogP contribution in [0.3, 0.4) is 0 Å². The number of carbonyl (C=O) groups is 1. The van der Waals surface area contributed by atoms with Gasteiger partial charge >= 0.3 is 0 Å². The number of amides is 1. The number of fused-ring (bicyclic) bond motifs is 1. The molecule has 0 unspecified atom stereocenters. The highest BCUT2D eigenvalue weighted by Gasteiger charge is 2.17. The van der Waals surface area contributed by atoms with Gasteiger partial charge in [0.2, 0.25) is 11.3 Å². The number of aromatic nitrogens is 3. The molecule has 4 aromatic rings. The van der Waals surface area contributed by atoms with Crippen LogP contribution in [0.5, 0.6) is 5.88 Å². The number of aliphatic hydroxyl groups is 1. The first-order valence-electron chi connectivity index (χ1n) is 10.7. The molecule has 0 radical (unpaired) electrons. The van der Waals surface area contributed by atoms with Crippen molar-refractivity contribution in [3.8, 4) is 5.88 Å². The molecular formula is C24H23ClN4O5S. The second kappa shape index (κ2) is 11.4. The molecule has 3 heterocycles. The van der Waals surface area contributed by atoms with E-state index in [4.69, 9.17) is 21.1 Å². The molecule has 0 spiro atoms. The quantitative estimate of drug-likeness (QED) is 0.334. The van der Waals surface area contributed by atoms with Crippen LogP contribution in [0.25, 0.3) is 10.2 Å². The van der Waals surface area contributed by atoms with Gasteiger partial charge in [-0.1, -0.05) is 23.7 Å². The lowest BCUT2D eigenvalue weighted by atomic mass is 10.2. The van der Waals surface area contributed by atoms with Gasteiger partial charge in [0.15, 0.2) is 0 Å². The number of nitrogens with zero attached hydrogens (tertiary/aromatic N) is 3. The summed E-state index contributed by atoms with van der Waals surface area (Å²) in [5.41, 5.74) is 0.599. The fourth-order valence-corrected chi connectivity index (χ4v) is 4.46. The van der Waals surface area contributed by atoms with Crippen LogP contribution in [-0.2, 0) is 24.9 Å². The third-order valence-corrected chi connectivity index (χ3v) is 6.48. The van der Waals surface area contributed by atoms with Crippen LogP contribution in [0.4, 0.5) is 0 Å². The molecule has 35 heavy (non-hydrogen) atoms. The Morgan fingerprint density at radius 2 is 2.06 bits per heavy atom. The molecular weight excluding hydrogens is 492 g/mol. The summed E-state index contributed by atoms with van der Waals surface area (Å²) >= 11 is 7.28. The van der Waals surface area contributed by atoms with Gasteiger partial charge in [0.25, 0.3) is 5.91 Å². The number of halogens is 1. The zero-order chi connectivity index (χ0) is 24.8. The SMILES string of the molecule is Cn1cc(C(=O)NCc2ccc(Cl)cc2)c(=O)c2cc(COC[C@@H](O)COc3cnccn3)sc21. The summed E-state index contributed by atoms with van der Waals surface area (Å²) in [6.45, 7) is 0.546. The standard InChI is InChI=1S/C24H23ClN4O5S/c1-29-11-20(23(32)28-9-15-2-4-16(25)5-3-15)22(31)19-8-18(35-24(19)29)14-33-12-17(30)13-34-21-10-26-6-7-27-21/h2-8,10-11,17,30H,9,12-14H2,1H3,(H,28,32)/t17-/m1/s1. The molecule has 9 nitrogen and oxygen atoms in total. The normalized spacial score (nSPS) is 12.0. The molecule has 4 rings (SSSR count). The number of rotatable bonds is 10. The minimum Gasteiger partial charge on any atom is -0.474 e. The zero-order valence-electron chi connectivity index (χ0n) is 18.8. The highest BCUT2D eigenvalue weighted by Crippen LogP contribution is 2.24. The summed E-state index contributed by atoms with van der Waals surface area (Å²) in [6, 6.07) is 8.84. The molecule has 0 saturated carbocycles. The maximum Gasteiger partial charge on any atom is 0.257 e. The second-order valence-corrected chi connectivity index (χ2v) is 9.30. The van der Waals surface area contributed by atoms with Gasteiger partial charge in [0, 0.05) is 42.1 Å². The maximum atomic E-state index is 13.0. The Balaban J connectivity index is 1.36. The fraction of sp³-hybridized carbons (Fsp3) is 0.250. The smallest absolute Gasteiger partial charge is 0.257 e. The third-order valence-electron chi connectivity index (χ3n) is 5.02. The summed E-state index contributed by atoms with van der Waals surface area (Å²) in [5, 5.41) is 13.9. The molecule has 1 amide bonds. The molecule has 0 aliphatic carbocycles. The van der Waals surface area contributed by atoms with Crippen molar-refractivity contribution in [2.45, 2.75) is 19.3 Å². The van der Waals surface area contributed by atoms with Gasteiger partial charge in [-0.05, 0) is 23.8 Å². The van der Waals surface area contributed by atoms with Crippen molar-refractivity contribution in [1.29, 1.82) is 0 Å². The summed E-state index contributed by atoms with van der Waals surface area (Å²) < 4.78 is 12.7. The average molecular weight is 515 g/mol. The number of pyridine rings is 1. The van der Waals surface area contributed by atoms with E-state index in [1.54, 1.807) is 29.8 Å². The number of aryl methyl sites for hydroxylation is 1. The minimum absolute atomic E-state index is 0.0132. The number of hydrogen-bond donors (Lipinski definition) is 2. The van der Waals surface area contributed by atoms with Gasteiger partial charge in [-0.25, -0.2) is 4.98 Å². The van der Waals surface area contributed by atoms with E-state index in [2.05, 4.69) is 15.3 Å². The Labute approximate surface area is 209 Å². The van der Waals surface area contributed by atoms with Crippen molar-refractivity contribution in [2.24, 2.45) is 7.05 Å². The van der Waals surface area contributed by atoms with E-state index in [1.807, 2.05) is 12.1 Å². The van der Waals surface area contributed by atoms with Crippen LogP contribution in [0, 0.1) is 0 Å². The van der Waals surface area contributed by atoms with Crippen molar-refractivity contribution in [3.05, 3.63) is 86.4 Å². The molecule has 2 N–H and O–H groups in total. The number of hydrogen-bond acceptors (Lipinski definition) is 8. The molecule has 3 aromatic heterocycles. The average Bonchev–Trinajstić information content (AvgIpc) is 3.30. The van der Waals surface area contributed by atoms with E-state index in [0.29, 0.717) is 16.3 Å². The minimum atomic E-state index is -0.853. The van der Waals surface area contributed by atoms with Gasteiger partial charge in [0.1, 0.15) is 23.1 Å². The van der Waals surface area contributed by atoms with Crippen molar-refractivity contribution in [1.82, 2.24) is 19.9 Å².